The van der Waals surface area contributed by atoms with Crippen LogP contribution in [-0.4, -0.2) is 53.6 Å². The number of ether oxygens (including phenoxy) is 3. The van der Waals surface area contributed by atoms with Crippen molar-refractivity contribution in [2.75, 3.05) is 6.61 Å². The van der Waals surface area contributed by atoms with E-state index in [9.17, 15) is 18.0 Å². The summed E-state index contributed by atoms with van der Waals surface area (Å²) in [6.07, 6.45) is 5.03. The molecule has 0 atom stereocenters. The molecule has 2 aliphatic carbocycles. The highest BCUT2D eigenvalue weighted by atomic mass is 19.4. The second-order valence-electron chi connectivity index (χ2n) is 14.1. The number of alkyl carbamates (subject to hydrolysis) is 1. The molecule has 3 aromatic rings. The van der Waals surface area contributed by atoms with E-state index in [1.54, 1.807) is 0 Å². The maximum absolute atomic E-state index is 13.0. The van der Waals surface area contributed by atoms with Gasteiger partial charge in [0.15, 0.2) is 5.82 Å². The van der Waals surface area contributed by atoms with Gasteiger partial charge in [0.1, 0.15) is 35.1 Å². The van der Waals surface area contributed by atoms with Crippen molar-refractivity contribution in [2.45, 2.75) is 114 Å². The zero-order chi connectivity index (χ0) is 32.7. The highest BCUT2D eigenvalue weighted by Gasteiger charge is 2.53. The number of hydrogen-bond acceptors (Lipinski definition) is 8. The van der Waals surface area contributed by atoms with Crippen molar-refractivity contribution >= 4 is 6.09 Å². The Morgan fingerprint density at radius 2 is 1.76 bits per heavy atom. The van der Waals surface area contributed by atoms with E-state index in [1.807, 2.05) is 43.3 Å². The van der Waals surface area contributed by atoms with Crippen molar-refractivity contribution in [2.24, 2.45) is 13.0 Å². The standard InChI is InChI=1S/C32H42F3N7O4/c1-29(2,3)46-28(43)36-30-12-14-31(15-13-30,45-20-30)25-18-42(40-37-25)23-10-8-21(9-11-23)16-26-38-39-27(41(26)4)19-44-24-7-5-6-22(17-24)32(33,34)35/h5-7,17-18,21,23H,8-16,19-20H2,1-4H3,(H,36,43). The smallest absolute Gasteiger partial charge is 0.416 e. The molecule has 1 amide bonds. The third-order valence-electron chi connectivity index (χ3n) is 9.63. The zero-order valence-corrected chi connectivity index (χ0v) is 26.8. The van der Waals surface area contributed by atoms with Crippen molar-refractivity contribution < 1.29 is 32.2 Å². The van der Waals surface area contributed by atoms with Crippen LogP contribution in [0.1, 0.15) is 101 Å². The van der Waals surface area contributed by atoms with Crippen molar-refractivity contribution in [3.63, 3.8) is 0 Å². The first kappa shape index (κ1) is 32.3. The Morgan fingerprint density at radius 3 is 2.41 bits per heavy atom. The number of carbonyl (C=O) groups excluding carboxylic acids is 1. The van der Waals surface area contributed by atoms with Crippen molar-refractivity contribution in [3.05, 3.63) is 53.4 Å². The van der Waals surface area contributed by atoms with Gasteiger partial charge in [-0.2, -0.15) is 13.2 Å². The molecule has 2 aromatic heterocycles. The number of nitrogens with one attached hydrogen (secondary N) is 1. The first-order chi connectivity index (χ1) is 21.7. The summed E-state index contributed by atoms with van der Waals surface area (Å²) in [5.74, 6) is 1.96. The summed E-state index contributed by atoms with van der Waals surface area (Å²) in [6, 6.07) is 5.08. The average molecular weight is 646 g/mol. The average Bonchev–Trinajstić information content (AvgIpc) is 3.64. The van der Waals surface area contributed by atoms with Gasteiger partial charge in [0.25, 0.3) is 0 Å². The highest BCUT2D eigenvalue weighted by Crippen LogP contribution is 2.49. The van der Waals surface area contributed by atoms with Gasteiger partial charge in [-0.3, -0.25) is 0 Å². The van der Waals surface area contributed by atoms with E-state index in [1.165, 1.54) is 12.1 Å². The van der Waals surface area contributed by atoms with E-state index in [4.69, 9.17) is 14.2 Å². The van der Waals surface area contributed by atoms with E-state index < -0.39 is 34.6 Å². The highest BCUT2D eigenvalue weighted by molar-refractivity contribution is 5.69. The van der Waals surface area contributed by atoms with E-state index in [0.29, 0.717) is 18.3 Å². The largest absolute Gasteiger partial charge is 0.486 e. The monoisotopic (exact) mass is 645 g/mol. The number of rotatable bonds is 8. The molecular weight excluding hydrogens is 603 g/mol. The minimum Gasteiger partial charge on any atom is -0.486 e. The van der Waals surface area contributed by atoms with Crippen LogP contribution in [0.2, 0.25) is 0 Å². The summed E-state index contributed by atoms with van der Waals surface area (Å²) in [7, 11) is 1.86. The fourth-order valence-corrected chi connectivity index (χ4v) is 6.86. The second-order valence-corrected chi connectivity index (χ2v) is 14.1. The molecule has 4 aliphatic rings. The number of hydrogen-bond donors (Lipinski definition) is 1. The molecule has 1 aromatic carbocycles. The molecule has 2 saturated carbocycles. The normalized spacial score (nSPS) is 26.6. The van der Waals surface area contributed by atoms with Crippen LogP contribution >= 0.6 is 0 Å². The van der Waals surface area contributed by atoms with Gasteiger partial charge in [-0.1, -0.05) is 11.3 Å². The lowest BCUT2D eigenvalue weighted by Gasteiger charge is -2.52. The second kappa shape index (κ2) is 12.2. The molecular formula is C32H42F3N7O4. The third kappa shape index (κ3) is 7.01. The van der Waals surface area contributed by atoms with E-state index in [-0.39, 0.29) is 18.4 Å². The lowest BCUT2D eigenvalue weighted by atomic mass is 9.70. The van der Waals surface area contributed by atoms with Crippen molar-refractivity contribution in [3.8, 4) is 5.75 Å². The maximum Gasteiger partial charge on any atom is 0.416 e. The molecule has 46 heavy (non-hydrogen) atoms. The number of halogens is 3. The van der Waals surface area contributed by atoms with Crippen LogP contribution in [-0.2, 0) is 41.3 Å². The van der Waals surface area contributed by atoms with Gasteiger partial charge in [-0.15, -0.1) is 15.3 Å². The SMILES string of the molecule is Cn1c(COc2cccc(C(F)(F)F)c2)nnc1CC1CCC(n2cc(C34CCC(NC(=O)OC(C)(C)C)(CC3)CO4)nn2)CC1. The maximum atomic E-state index is 13.0. The molecule has 0 radical (unpaired) electrons. The number of aromatic nitrogens is 6. The number of carbonyl (C=O) groups is 1. The Hall–Kier alpha value is -3.68. The van der Waals surface area contributed by atoms with Crippen LogP contribution in [0.3, 0.4) is 0 Å². The van der Waals surface area contributed by atoms with Gasteiger partial charge in [0.2, 0.25) is 0 Å². The third-order valence-corrected chi connectivity index (χ3v) is 9.63. The molecule has 4 fully saturated rings. The van der Waals surface area contributed by atoms with E-state index in [2.05, 4.69) is 25.8 Å². The molecule has 4 heterocycles. The van der Waals surface area contributed by atoms with Crippen LogP contribution < -0.4 is 10.1 Å². The summed E-state index contributed by atoms with van der Waals surface area (Å²) < 4.78 is 60.4. The van der Waals surface area contributed by atoms with Crippen LogP contribution in [0.25, 0.3) is 0 Å². The molecule has 7 rings (SSSR count). The first-order valence-electron chi connectivity index (χ1n) is 16.0. The van der Waals surface area contributed by atoms with Gasteiger partial charge in [0.05, 0.1) is 29.9 Å². The molecule has 2 aliphatic heterocycles. The summed E-state index contributed by atoms with van der Waals surface area (Å²) in [5, 5.41) is 20.7. The molecule has 0 unspecified atom stereocenters. The number of benzene rings is 1. The molecule has 14 heteroatoms. The topological polar surface area (TPSA) is 118 Å². The number of fused-ring (bicyclic) bond motifs is 3. The minimum atomic E-state index is -4.43. The summed E-state index contributed by atoms with van der Waals surface area (Å²) >= 11 is 0. The van der Waals surface area contributed by atoms with Gasteiger partial charge in [-0.05, 0) is 96.3 Å². The zero-order valence-electron chi connectivity index (χ0n) is 26.8. The Balaban J connectivity index is 0.987. The predicted octanol–water partition coefficient (Wildman–Crippen LogP) is 6.04. The first-order valence-corrected chi connectivity index (χ1v) is 16.0. The number of amides is 1. The Bertz CT molecular complexity index is 1510. The van der Waals surface area contributed by atoms with Crippen LogP contribution in [0, 0.1) is 5.92 Å². The lowest BCUT2D eigenvalue weighted by Crippen LogP contribution is -2.62. The lowest BCUT2D eigenvalue weighted by molar-refractivity contribution is -0.168. The predicted molar refractivity (Wildman–Crippen MR) is 160 cm³/mol. The number of alkyl halides is 3. The quantitative estimate of drug-likeness (QED) is 0.315. The fourth-order valence-electron chi connectivity index (χ4n) is 6.86. The van der Waals surface area contributed by atoms with Gasteiger partial charge in [0, 0.05) is 13.5 Å². The van der Waals surface area contributed by atoms with Crippen LogP contribution in [0.5, 0.6) is 5.75 Å². The fraction of sp³-hybridized carbons (Fsp3) is 0.656. The molecule has 11 nitrogen and oxygen atoms in total. The molecule has 1 N–H and O–H groups in total. The number of nitrogens with zero attached hydrogens (tertiary/aromatic N) is 6. The van der Waals surface area contributed by atoms with Crippen LogP contribution in [0.15, 0.2) is 30.5 Å². The molecule has 2 saturated heterocycles. The molecule has 2 bridgehead atoms. The summed E-state index contributed by atoms with van der Waals surface area (Å²) in [4.78, 5) is 12.4. The van der Waals surface area contributed by atoms with Crippen molar-refractivity contribution in [1.29, 1.82) is 0 Å². The van der Waals surface area contributed by atoms with Crippen LogP contribution in [0.4, 0.5) is 18.0 Å². The Labute approximate surface area is 266 Å². The summed E-state index contributed by atoms with van der Waals surface area (Å²) in [5.41, 5.74) is -1.32. The van der Waals surface area contributed by atoms with Crippen molar-refractivity contribution in [1.82, 2.24) is 35.1 Å². The Morgan fingerprint density at radius 1 is 1.04 bits per heavy atom. The van der Waals surface area contributed by atoms with Gasteiger partial charge >= 0.3 is 12.3 Å². The molecule has 0 spiro atoms. The molecule has 250 valence electrons. The summed E-state index contributed by atoms with van der Waals surface area (Å²) in [6.45, 7) is 6.01. The van der Waals surface area contributed by atoms with Gasteiger partial charge in [-0.25, -0.2) is 9.48 Å². The Kier molecular flexibility index (Phi) is 8.53. The van der Waals surface area contributed by atoms with E-state index in [0.717, 1.165) is 81.4 Å². The minimum absolute atomic E-state index is 0.0264. The van der Waals surface area contributed by atoms with E-state index >= 15 is 0 Å². The van der Waals surface area contributed by atoms with Gasteiger partial charge < -0.3 is 24.1 Å².